The van der Waals surface area contributed by atoms with Crippen LogP contribution in [0.2, 0.25) is 0 Å². The van der Waals surface area contributed by atoms with Gasteiger partial charge in [-0.1, -0.05) is 12.1 Å². The summed E-state index contributed by atoms with van der Waals surface area (Å²) in [7, 11) is 0. The minimum atomic E-state index is -2.29. The predicted molar refractivity (Wildman–Crippen MR) is 177 cm³/mol. The van der Waals surface area contributed by atoms with Gasteiger partial charge in [0.15, 0.2) is 17.0 Å². The fourth-order valence-electron chi connectivity index (χ4n) is 9.66. The third-order valence-corrected chi connectivity index (χ3v) is 11.8. The molecule has 6 heterocycles. The molecule has 0 unspecified atom stereocenters. The van der Waals surface area contributed by atoms with Crippen LogP contribution in [0.15, 0.2) is 48.8 Å². The number of carbonyl (C=O) groups excluding carboxylic acids is 2. The molecule has 2 aliphatic carbocycles. The molecular weight excluding hydrogens is 696 g/mol. The largest absolute Gasteiger partial charge is 0.507 e. The molecule has 53 heavy (non-hydrogen) atoms. The Kier molecular flexibility index (Phi) is 6.86. The van der Waals surface area contributed by atoms with Crippen molar-refractivity contribution >= 4 is 28.5 Å². The van der Waals surface area contributed by atoms with Gasteiger partial charge in [0.25, 0.3) is 0 Å². The molecule has 4 aromatic rings. The topological polar surface area (TPSA) is 240 Å². The second-order valence-corrected chi connectivity index (χ2v) is 14.5. The molecule has 10 rings (SSSR count). The quantitative estimate of drug-likeness (QED) is 0.190. The Hall–Kier alpha value is -5.35. The van der Waals surface area contributed by atoms with Gasteiger partial charge in [-0.2, -0.15) is 0 Å². The van der Waals surface area contributed by atoms with E-state index in [-0.39, 0.29) is 46.3 Å². The monoisotopic (exact) mass is 728 g/mol. The maximum atomic E-state index is 15.2. The lowest BCUT2D eigenvalue weighted by molar-refractivity contribution is -0.246. The number of hydrogen-bond donors (Lipinski definition) is 5. The van der Waals surface area contributed by atoms with Crippen LogP contribution in [0, 0.1) is 12.8 Å². The second-order valence-electron chi connectivity index (χ2n) is 14.5. The molecule has 15 heteroatoms. The number of aryl methyl sites for hydroxylation is 1. The molecule has 2 aromatic heterocycles. The Labute approximate surface area is 297 Å². The first kappa shape index (κ1) is 33.5. The van der Waals surface area contributed by atoms with Gasteiger partial charge >= 0.3 is 11.6 Å². The van der Waals surface area contributed by atoms with Crippen LogP contribution in [-0.2, 0) is 31.7 Å². The molecule has 6 aliphatic rings. The number of rotatable bonds is 4. The predicted octanol–water partition coefficient (Wildman–Crippen LogP) is 2.42. The van der Waals surface area contributed by atoms with E-state index in [0.717, 1.165) is 0 Å². The number of ether oxygens (including phenoxy) is 3. The maximum Gasteiger partial charge on any atom is 0.344 e. The molecule has 4 bridgehead atoms. The summed E-state index contributed by atoms with van der Waals surface area (Å²) in [5.41, 5.74) is -7.51. The van der Waals surface area contributed by atoms with E-state index in [1.165, 1.54) is 26.0 Å². The smallest absolute Gasteiger partial charge is 0.344 e. The van der Waals surface area contributed by atoms with Crippen molar-refractivity contribution in [1.82, 2.24) is 0 Å². The lowest BCUT2D eigenvalue weighted by atomic mass is 9.52. The molecule has 2 saturated heterocycles. The number of carboxylic acid groups (broad SMARTS) is 1. The number of aliphatic hydroxyl groups is 2. The molecule has 0 radical (unpaired) electrons. The van der Waals surface area contributed by atoms with E-state index in [1.807, 2.05) is 0 Å². The molecule has 9 atom stereocenters. The van der Waals surface area contributed by atoms with Crippen LogP contribution in [0.4, 0.5) is 0 Å². The first-order chi connectivity index (χ1) is 25.1. The molecule has 2 aromatic carbocycles. The van der Waals surface area contributed by atoms with Gasteiger partial charge in [-0.3, -0.25) is 19.2 Å². The van der Waals surface area contributed by atoms with E-state index in [1.54, 1.807) is 25.1 Å². The highest BCUT2D eigenvalue weighted by atomic mass is 16.6. The lowest BCUT2D eigenvalue weighted by Gasteiger charge is -2.57. The Bertz CT molecular complexity index is 2460. The first-order valence-electron chi connectivity index (χ1n) is 17.1. The number of aliphatic carboxylic acids is 1. The number of aliphatic hydroxyl groups excluding tert-OH is 1. The van der Waals surface area contributed by atoms with Crippen LogP contribution in [0.5, 0.6) is 17.2 Å². The number of benzene rings is 2. The van der Waals surface area contributed by atoms with Crippen molar-refractivity contribution in [1.29, 1.82) is 0 Å². The van der Waals surface area contributed by atoms with Crippen molar-refractivity contribution in [2.45, 2.75) is 87.7 Å². The van der Waals surface area contributed by atoms with Crippen LogP contribution < -0.4 is 15.8 Å². The van der Waals surface area contributed by atoms with Gasteiger partial charge in [0.05, 0.1) is 58.8 Å². The number of hydrogen-bond acceptors (Lipinski definition) is 14. The van der Waals surface area contributed by atoms with Gasteiger partial charge in [0, 0.05) is 36.1 Å². The Morgan fingerprint density at radius 3 is 2.43 bits per heavy atom. The zero-order valence-corrected chi connectivity index (χ0v) is 28.4. The van der Waals surface area contributed by atoms with Gasteiger partial charge in [0.1, 0.15) is 57.6 Å². The standard InChI is InChI=1S/C38H32O15/c1-12-7-17(39)24-15(5-4-6-18(24)49-12)8-16-9-20-28(36(47)52-16)37-13(2)50-21(11-23(41)42)34(53-20)30(37)32(44)26-27(35(37)46)33(45)29-25(31(26)43)19-10-22(40)38(29,48)14(3)51-19/h4-7,9,13-14,19,21-22,30,34,40,43,45,48H,8,10-11H2,1-3H3,(H,41,42)/t13-,14-,19+,21+,22-,30-,34+,37+,38+/m1/s1. The summed E-state index contributed by atoms with van der Waals surface area (Å²) in [6, 6.07) is 7.59. The van der Waals surface area contributed by atoms with Gasteiger partial charge < -0.3 is 48.6 Å². The molecule has 274 valence electrons. The molecule has 0 amide bonds. The lowest BCUT2D eigenvalue weighted by Crippen LogP contribution is -2.71. The fourth-order valence-corrected chi connectivity index (χ4v) is 9.66. The molecule has 0 spiro atoms. The van der Waals surface area contributed by atoms with Crippen molar-refractivity contribution in [2.75, 3.05) is 0 Å². The average Bonchev–Trinajstić information content (AvgIpc) is 3.07. The van der Waals surface area contributed by atoms with Gasteiger partial charge in [-0.25, -0.2) is 4.79 Å². The number of phenols is 2. The molecule has 0 saturated carbocycles. The van der Waals surface area contributed by atoms with Crippen molar-refractivity contribution < 1.29 is 63.0 Å². The number of carbonyl (C=O) groups is 3. The summed E-state index contributed by atoms with van der Waals surface area (Å²) in [5, 5.41) is 56.4. The van der Waals surface area contributed by atoms with Gasteiger partial charge in [0.2, 0.25) is 0 Å². The van der Waals surface area contributed by atoms with Crippen molar-refractivity contribution in [3.8, 4) is 17.2 Å². The summed E-state index contributed by atoms with van der Waals surface area (Å²) in [4.78, 5) is 69.3. The Morgan fingerprint density at radius 2 is 1.72 bits per heavy atom. The van der Waals surface area contributed by atoms with Crippen LogP contribution in [-0.4, -0.2) is 73.6 Å². The molecule has 15 nitrogen and oxygen atoms in total. The highest BCUT2D eigenvalue weighted by Crippen LogP contribution is 2.63. The van der Waals surface area contributed by atoms with E-state index in [9.17, 15) is 44.7 Å². The molecule has 5 N–H and O–H groups in total. The summed E-state index contributed by atoms with van der Waals surface area (Å²) in [6.07, 6.45) is -8.81. The number of fused-ring (bicyclic) bond motifs is 5. The van der Waals surface area contributed by atoms with Crippen LogP contribution >= 0.6 is 0 Å². The normalized spacial score (nSPS) is 32.1. The maximum absolute atomic E-state index is 15.2. The highest BCUT2D eigenvalue weighted by Gasteiger charge is 2.72. The zero-order chi connectivity index (χ0) is 37.6. The van der Waals surface area contributed by atoms with Crippen LogP contribution in [0.3, 0.4) is 0 Å². The van der Waals surface area contributed by atoms with Crippen LogP contribution in [0.25, 0.3) is 11.0 Å². The first-order valence-corrected chi connectivity index (χ1v) is 17.1. The van der Waals surface area contributed by atoms with E-state index < -0.39 is 111 Å². The Morgan fingerprint density at radius 1 is 0.962 bits per heavy atom. The van der Waals surface area contributed by atoms with E-state index in [2.05, 4.69) is 0 Å². The zero-order valence-electron chi connectivity index (χ0n) is 28.4. The fraction of sp³-hybridized carbons (Fsp3) is 0.395. The van der Waals surface area contributed by atoms with Gasteiger partial charge in [-0.15, -0.1) is 0 Å². The second kappa shape index (κ2) is 10.9. The highest BCUT2D eigenvalue weighted by molar-refractivity contribution is 6.24. The Balaban J connectivity index is 1.28. The summed E-state index contributed by atoms with van der Waals surface area (Å²) in [5.74, 6) is -6.37. The minimum absolute atomic E-state index is 0.00303. The van der Waals surface area contributed by atoms with Crippen molar-refractivity contribution in [3.05, 3.63) is 95.9 Å². The number of Topliss-reactive ketones (excluding diaryl/α,β-unsaturated/α-hetero) is 2. The molecular formula is C38H32O15. The van der Waals surface area contributed by atoms with Crippen LogP contribution in [0.1, 0.15) is 87.3 Å². The summed E-state index contributed by atoms with van der Waals surface area (Å²) >= 11 is 0. The van der Waals surface area contributed by atoms with E-state index >= 15 is 4.79 Å². The summed E-state index contributed by atoms with van der Waals surface area (Å²) in [6.45, 7) is 4.47. The number of phenolic OH excluding ortho intramolecular Hbond substituents is 2. The van der Waals surface area contributed by atoms with Crippen molar-refractivity contribution in [2.24, 2.45) is 5.92 Å². The third kappa shape index (κ3) is 4.10. The third-order valence-electron chi connectivity index (χ3n) is 11.8. The molecule has 4 aliphatic heterocycles. The molecule has 2 fully saturated rings. The average molecular weight is 729 g/mol. The number of ketones is 2. The number of aromatic hydroxyl groups is 2. The number of carboxylic acids is 1. The minimum Gasteiger partial charge on any atom is -0.507 e. The van der Waals surface area contributed by atoms with Crippen molar-refractivity contribution in [3.63, 3.8) is 0 Å². The SMILES string of the molecule is Cc1cc(=O)c2c(Cc3cc4c(c(=O)o3)[C@]35C(=O)c6c(O)c7c(c(O)c6C(=O)[C@@H]3[C@@H](O4)[C@H](CC(=O)O)O[C@@H]5C)[C@@H]3C[C@@H](O)[C@@]7(O)[C@@H](C)O3)cccc2o1. The van der Waals surface area contributed by atoms with E-state index in [4.69, 9.17) is 23.0 Å². The summed E-state index contributed by atoms with van der Waals surface area (Å²) < 4.78 is 29.7. The van der Waals surface area contributed by atoms with E-state index in [0.29, 0.717) is 16.9 Å². The van der Waals surface area contributed by atoms with Gasteiger partial charge in [-0.05, 0) is 32.4 Å².